The van der Waals surface area contributed by atoms with Gasteiger partial charge >= 0.3 is 0 Å². The largest absolute Gasteiger partial charge is 0.388 e. The third-order valence-electron chi connectivity index (χ3n) is 6.35. The molecule has 1 amide bonds. The van der Waals surface area contributed by atoms with Crippen molar-refractivity contribution in [3.05, 3.63) is 100 Å². The van der Waals surface area contributed by atoms with E-state index in [0.29, 0.717) is 38.0 Å². The number of amides is 1. The van der Waals surface area contributed by atoms with E-state index in [4.69, 9.17) is 0 Å². The zero-order chi connectivity index (χ0) is 24.0. The predicted molar refractivity (Wildman–Crippen MR) is 131 cm³/mol. The van der Waals surface area contributed by atoms with Gasteiger partial charge in [0.2, 0.25) is 5.91 Å². The van der Waals surface area contributed by atoms with E-state index in [0.717, 1.165) is 11.1 Å². The summed E-state index contributed by atoms with van der Waals surface area (Å²) in [4.78, 5) is 31.4. The van der Waals surface area contributed by atoms with Crippen LogP contribution in [0, 0.1) is 11.8 Å². The van der Waals surface area contributed by atoms with E-state index in [1.807, 2.05) is 65.6 Å². The SMILES string of the molecule is CC(CC(=O)N1CCC(O)(Cn2cnc(C#Cc3ccccc3)cc2=O)CC1)c1ccccc1. The first-order chi connectivity index (χ1) is 16.4. The van der Waals surface area contributed by atoms with Crippen LogP contribution in [0.15, 0.2) is 77.9 Å². The molecule has 1 fully saturated rings. The highest BCUT2D eigenvalue weighted by atomic mass is 16.3. The van der Waals surface area contributed by atoms with E-state index >= 15 is 0 Å². The molecule has 0 aliphatic carbocycles. The molecule has 6 heteroatoms. The van der Waals surface area contributed by atoms with E-state index < -0.39 is 5.60 Å². The van der Waals surface area contributed by atoms with Crippen LogP contribution in [-0.2, 0) is 11.3 Å². The van der Waals surface area contributed by atoms with Gasteiger partial charge in [-0.3, -0.25) is 14.2 Å². The Kier molecular flexibility index (Phi) is 7.24. The van der Waals surface area contributed by atoms with Gasteiger partial charge in [-0.2, -0.15) is 0 Å². The smallest absolute Gasteiger partial charge is 0.254 e. The molecule has 1 N–H and O–H groups in total. The van der Waals surface area contributed by atoms with Gasteiger partial charge < -0.3 is 10.0 Å². The molecule has 34 heavy (non-hydrogen) atoms. The number of benzene rings is 2. The molecule has 2 heterocycles. The second-order valence-corrected chi connectivity index (χ2v) is 8.98. The first-order valence-corrected chi connectivity index (χ1v) is 11.6. The quantitative estimate of drug-likeness (QED) is 0.600. The van der Waals surface area contributed by atoms with E-state index in [1.165, 1.54) is 17.0 Å². The van der Waals surface area contributed by atoms with Crippen LogP contribution in [0.3, 0.4) is 0 Å². The highest BCUT2D eigenvalue weighted by Crippen LogP contribution is 2.26. The first-order valence-electron chi connectivity index (χ1n) is 11.6. The minimum absolute atomic E-state index is 0.0959. The Morgan fingerprint density at radius 2 is 1.71 bits per heavy atom. The van der Waals surface area contributed by atoms with Crippen molar-refractivity contribution in [2.24, 2.45) is 0 Å². The molecule has 2 aromatic carbocycles. The fourth-order valence-electron chi connectivity index (χ4n) is 4.21. The molecule has 1 unspecified atom stereocenters. The van der Waals surface area contributed by atoms with Crippen molar-refractivity contribution in [1.29, 1.82) is 0 Å². The Balaban J connectivity index is 1.33. The summed E-state index contributed by atoms with van der Waals surface area (Å²) >= 11 is 0. The van der Waals surface area contributed by atoms with Gasteiger partial charge in [0.05, 0.1) is 18.5 Å². The van der Waals surface area contributed by atoms with Gasteiger partial charge in [-0.05, 0) is 42.4 Å². The monoisotopic (exact) mass is 455 g/mol. The number of nitrogens with zero attached hydrogens (tertiary/aromatic N) is 3. The lowest BCUT2D eigenvalue weighted by molar-refractivity contribution is -0.136. The minimum atomic E-state index is -1.05. The molecule has 0 spiro atoms. The van der Waals surface area contributed by atoms with Crippen LogP contribution in [0.25, 0.3) is 0 Å². The Bertz CT molecular complexity index is 1230. The number of piperidine rings is 1. The molecular formula is C28H29N3O3. The van der Waals surface area contributed by atoms with Crippen LogP contribution in [0.2, 0.25) is 0 Å². The van der Waals surface area contributed by atoms with Gasteiger partial charge in [0.1, 0.15) is 5.69 Å². The Morgan fingerprint density at radius 3 is 2.35 bits per heavy atom. The molecule has 1 saturated heterocycles. The third-order valence-corrected chi connectivity index (χ3v) is 6.35. The van der Waals surface area contributed by atoms with Crippen LogP contribution in [-0.4, -0.2) is 44.2 Å². The highest BCUT2D eigenvalue weighted by molar-refractivity contribution is 5.77. The number of rotatable bonds is 5. The van der Waals surface area contributed by atoms with Crippen LogP contribution < -0.4 is 5.56 Å². The molecule has 1 aliphatic heterocycles. The van der Waals surface area contributed by atoms with Crippen molar-refractivity contribution in [3.63, 3.8) is 0 Å². The van der Waals surface area contributed by atoms with Gasteiger partial charge in [-0.25, -0.2) is 4.98 Å². The van der Waals surface area contributed by atoms with E-state index in [-0.39, 0.29) is 23.9 Å². The maximum Gasteiger partial charge on any atom is 0.254 e. The third kappa shape index (κ3) is 6.00. The summed E-state index contributed by atoms with van der Waals surface area (Å²) in [6.45, 7) is 3.15. The summed E-state index contributed by atoms with van der Waals surface area (Å²) < 4.78 is 1.42. The van der Waals surface area contributed by atoms with Gasteiger partial charge in [-0.15, -0.1) is 0 Å². The van der Waals surface area contributed by atoms with Crippen LogP contribution >= 0.6 is 0 Å². The van der Waals surface area contributed by atoms with Crippen molar-refractivity contribution < 1.29 is 9.90 Å². The minimum Gasteiger partial charge on any atom is -0.388 e. The number of carbonyl (C=O) groups is 1. The zero-order valence-electron chi connectivity index (χ0n) is 19.4. The van der Waals surface area contributed by atoms with Crippen molar-refractivity contribution in [1.82, 2.24) is 14.5 Å². The molecular weight excluding hydrogens is 426 g/mol. The summed E-state index contributed by atoms with van der Waals surface area (Å²) in [7, 11) is 0. The summed E-state index contributed by atoms with van der Waals surface area (Å²) in [6, 6.07) is 20.9. The average Bonchev–Trinajstić information content (AvgIpc) is 2.86. The van der Waals surface area contributed by atoms with Crippen molar-refractivity contribution in [2.75, 3.05) is 13.1 Å². The predicted octanol–water partition coefficient (Wildman–Crippen LogP) is 3.19. The van der Waals surface area contributed by atoms with Crippen molar-refractivity contribution >= 4 is 5.91 Å². The number of aromatic nitrogens is 2. The molecule has 6 nitrogen and oxygen atoms in total. The van der Waals surface area contributed by atoms with Crippen molar-refractivity contribution in [2.45, 2.75) is 44.2 Å². The zero-order valence-corrected chi connectivity index (χ0v) is 19.4. The summed E-state index contributed by atoms with van der Waals surface area (Å²) in [5.74, 6) is 6.13. The number of likely N-dealkylation sites (tertiary alicyclic amines) is 1. The fraction of sp³-hybridized carbons (Fsp3) is 0.321. The molecule has 1 aromatic heterocycles. The molecule has 1 atom stereocenters. The highest BCUT2D eigenvalue weighted by Gasteiger charge is 2.34. The van der Waals surface area contributed by atoms with E-state index in [2.05, 4.69) is 23.7 Å². The number of carbonyl (C=O) groups excluding carboxylic acids is 1. The van der Waals surface area contributed by atoms with Gasteiger partial charge in [0.25, 0.3) is 5.56 Å². The second-order valence-electron chi connectivity index (χ2n) is 8.98. The van der Waals surface area contributed by atoms with Crippen LogP contribution in [0.1, 0.15) is 48.9 Å². The number of aliphatic hydroxyl groups is 1. The molecule has 3 aromatic rings. The summed E-state index contributed by atoms with van der Waals surface area (Å²) in [6.07, 6.45) is 2.71. The standard InChI is InChI=1S/C28H29N3O3/c1-22(24-10-6-3-7-11-24)18-26(32)30-16-14-28(34,15-17-30)20-31-21-29-25(19-27(31)33)13-12-23-8-4-2-5-9-23/h2-11,19,21-22,34H,14-18,20H2,1H3. The van der Waals surface area contributed by atoms with Crippen LogP contribution in [0.4, 0.5) is 0 Å². The Labute approximate surface area is 199 Å². The summed E-state index contributed by atoms with van der Waals surface area (Å²) in [5, 5.41) is 11.1. The van der Waals surface area contributed by atoms with E-state index in [1.54, 1.807) is 0 Å². The van der Waals surface area contributed by atoms with Gasteiger partial charge in [0.15, 0.2) is 0 Å². The topological polar surface area (TPSA) is 75.4 Å². The summed E-state index contributed by atoms with van der Waals surface area (Å²) in [5.41, 5.74) is 1.08. The Morgan fingerprint density at radius 1 is 1.06 bits per heavy atom. The molecule has 0 radical (unpaired) electrons. The lowest BCUT2D eigenvalue weighted by Crippen LogP contribution is -2.49. The lowest BCUT2D eigenvalue weighted by Gasteiger charge is -2.38. The lowest BCUT2D eigenvalue weighted by atomic mass is 9.90. The molecule has 4 rings (SSSR count). The van der Waals surface area contributed by atoms with Crippen molar-refractivity contribution in [3.8, 4) is 11.8 Å². The van der Waals surface area contributed by atoms with Gasteiger partial charge in [0, 0.05) is 31.1 Å². The van der Waals surface area contributed by atoms with E-state index in [9.17, 15) is 14.7 Å². The number of hydrogen-bond acceptors (Lipinski definition) is 4. The fourth-order valence-corrected chi connectivity index (χ4v) is 4.21. The Hall–Kier alpha value is -3.69. The van der Waals surface area contributed by atoms with Gasteiger partial charge in [-0.1, -0.05) is 61.4 Å². The molecule has 0 bridgehead atoms. The second kappa shape index (κ2) is 10.5. The van der Waals surface area contributed by atoms with Crippen LogP contribution in [0.5, 0.6) is 0 Å². The molecule has 174 valence electrons. The number of hydrogen-bond donors (Lipinski definition) is 1. The first kappa shape index (κ1) is 23.5. The molecule has 0 saturated carbocycles. The molecule has 1 aliphatic rings. The maximum absolute atomic E-state index is 12.8. The average molecular weight is 456 g/mol. The normalized spacial score (nSPS) is 15.8. The maximum atomic E-state index is 12.8.